The predicted molar refractivity (Wildman–Crippen MR) is 69.5 cm³/mol. The Hall–Kier alpha value is -1.33. The summed E-state index contributed by atoms with van der Waals surface area (Å²) in [6.07, 6.45) is 1.48. The molecular formula is C12H8BrNO2S. The van der Waals surface area contributed by atoms with Crippen molar-refractivity contribution in [1.82, 2.24) is 4.98 Å². The number of aromatic carboxylic acids is 1. The highest BCUT2D eigenvalue weighted by Crippen LogP contribution is 2.34. The number of halogens is 1. The Morgan fingerprint density at radius 1 is 1.18 bits per heavy atom. The summed E-state index contributed by atoms with van der Waals surface area (Å²) in [4.78, 5) is 16.5. The van der Waals surface area contributed by atoms with E-state index in [9.17, 15) is 4.79 Å². The van der Waals surface area contributed by atoms with E-state index in [0.717, 1.165) is 9.37 Å². The van der Waals surface area contributed by atoms with Crippen molar-refractivity contribution in [3.63, 3.8) is 0 Å². The van der Waals surface area contributed by atoms with Gasteiger partial charge in [-0.1, -0.05) is 23.9 Å². The zero-order valence-corrected chi connectivity index (χ0v) is 11.0. The van der Waals surface area contributed by atoms with Crippen LogP contribution in [0.25, 0.3) is 0 Å². The van der Waals surface area contributed by atoms with Crippen molar-refractivity contribution < 1.29 is 9.90 Å². The Bertz CT molecular complexity index is 560. The molecule has 3 nitrogen and oxygen atoms in total. The van der Waals surface area contributed by atoms with Crippen LogP contribution in [0.3, 0.4) is 0 Å². The second kappa shape index (κ2) is 5.33. The van der Waals surface area contributed by atoms with Crippen LogP contribution in [-0.2, 0) is 0 Å². The number of aromatic nitrogens is 1. The van der Waals surface area contributed by atoms with Crippen molar-refractivity contribution in [3.05, 3.63) is 52.8 Å². The fourth-order valence-electron chi connectivity index (χ4n) is 1.28. The van der Waals surface area contributed by atoms with E-state index in [4.69, 9.17) is 5.11 Å². The second-order valence-electron chi connectivity index (χ2n) is 3.19. The number of rotatable bonds is 3. The number of benzene rings is 1. The first-order valence-electron chi connectivity index (χ1n) is 4.79. The van der Waals surface area contributed by atoms with E-state index in [-0.39, 0.29) is 5.69 Å². The van der Waals surface area contributed by atoms with Crippen LogP contribution in [0.5, 0.6) is 0 Å². The van der Waals surface area contributed by atoms with Crippen molar-refractivity contribution in [3.8, 4) is 0 Å². The number of carboxylic acids is 1. The molecule has 0 aliphatic carbocycles. The van der Waals surface area contributed by atoms with Gasteiger partial charge in [-0.2, -0.15) is 0 Å². The molecule has 0 aliphatic rings. The number of nitrogens with zero attached hydrogens (tertiary/aromatic N) is 1. The highest BCUT2D eigenvalue weighted by Gasteiger charge is 2.12. The van der Waals surface area contributed by atoms with Gasteiger partial charge in [-0.25, -0.2) is 9.78 Å². The molecule has 0 bridgehead atoms. The minimum absolute atomic E-state index is 0.0771. The van der Waals surface area contributed by atoms with Gasteiger partial charge in [0.25, 0.3) is 0 Å². The molecule has 0 amide bonds. The quantitative estimate of drug-likeness (QED) is 0.939. The van der Waals surface area contributed by atoms with Crippen LogP contribution in [-0.4, -0.2) is 16.1 Å². The smallest absolute Gasteiger partial charge is 0.355 e. The summed E-state index contributed by atoms with van der Waals surface area (Å²) in [6, 6.07) is 11.1. The summed E-state index contributed by atoms with van der Waals surface area (Å²) < 4.78 is 0.935. The van der Waals surface area contributed by atoms with E-state index in [1.807, 2.05) is 24.3 Å². The van der Waals surface area contributed by atoms with Crippen LogP contribution in [0.2, 0.25) is 0 Å². The minimum Gasteiger partial charge on any atom is -0.476 e. The molecule has 0 spiro atoms. The van der Waals surface area contributed by atoms with Crippen LogP contribution < -0.4 is 0 Å². The summed E-state index contributed by atoms with van der Waals surface area (Å²) in [5, 5.41) is 9.03. The van der Waals surface area contributed by atoms with E-state index in [1.165, 1.54) is 18.0 Å². The Kier molecular flexibility index (Phi) is 3.81. The molecule has 1 aromatic heterocycles. The summed E-state index contributed by atoms with van der Waals surface area (Å²) in [6.45, 7) is 0. The normalized spacial score (nSPS) is 10.2. The van der Waals surface area contributed by atoms with Gasteiger partial charge in [-0.3, -0.25) is 0 Å². The Morgan fingerprint density at radius 3 is 2.59 bits per heavy atom. The zero-order valence-electron chi connectivity index (χ0n) is 8.63. The molecule has 86 valence electrons. The van der Waals surface area contributed by atoms with Crippen molar-refractivity contribution in [2.24, 2.45) is 0 Å². The number of pyridine rings is 1. The third kappa shape index (κ3) is 2.87. The number of hydrogen-bond acceptors (Lipinski definition) is 3. The average molecular weight is 310 g/mol. The van der Waals surface area contributed by atoms with Crippen LogP contribution in [0.15, 0.2) is 56.9 Å². The molecule has 0 aliphatic heterocycles. The first kappa shape index (κ1) is 12.1. The molecule has 0 atom stereocenters. The third-order valence-corrected chi connectivity index (χ3v) is 4.11. The highest BCUT2D eigenvalue weighted by molar-refractivity contribution is 9.10. The maximum Gasteiger partial charge on any atom is 0.355 e. The van der Waals surface area contributed by atoms with Gasteiger partial charge in [0.15, 0.2) is 5.69 Å². The second-order valence-corrected chi connectivity index (χ2v) is 5.13. The Labute approximate surface area is 111 Å². The zero-order chi connectivity index (χ0) is 12.3. The van der Waals surface area contributed by atoms with E-state index in [2.05, 4.69) is 20.9 Å². The summed E-state index contributed by atoms with van der Waals surface area (Å²) in [5.41, 5.74) is 0.0771. The first-order valence-corrected chi connectivity index (χ1v) is 6.40. The summed E-state index contributed by atoms with van der Waals surface area (Å²) in [5.74, 6) is -1.01. The van der Waals surface area contributed by atoms with Gasteiger partial charge in [0.1, 0.15) is 0 Å². The fraction of sp³-hybridized carbons (Fsp3) is 0. The maximum atomic E-state index is 11.0. The van der Waals surface area contributed by atoms with Gasteiger partial charge in [0.2, 0.25) is 0 Å². The van der Waals surface area contributed by atoms with E-state index < -0.39 is 5.97 Å². The SMILES string of the molecule is O=C(O)c1ncccc1Sc1ccccc1Br. The summed E-state index contributed by atoms with van der Waals surface area (Å²) >= 11 is 4.81. The lowest BCUT2D eigenvalue weighted by atomic mass is 10.3. The van der Waals surface area contributed by atoms with Crippen LogP contribution in [0, 0.1) is 0 Å². The van der Waals surface area contributed by atoms with Crippen LogP contribution in [0.4, 0.5) is 0 Å². The molecule has 1 aromatic carbocycles. The van der Waals surface area contributed by atoms with Crippen LogP contribution in [0.1, 0.15) is 10.5 Å². The molecule has 1 N–H and O–H groups in total. The monoisotopic (exact) mass is 309 g/mol. The lowest BCUT2D eigenvalue weighted by Gasteiger charge is -2.05. The predicted octanol–water partition coefficient (Wildman–Crippen LogP) is 3.69. The standard InChI is InChI=1S/C12H8BrNO2S/c13-8-4-1-2-5-9(8)17-10-6-3-7-14-11(10)12(15)16/h1-7H,(H,15,16). The van der Waals surface area contributed by atoms with Crippen molar-refractivity contribution in [2.45, 2.75) is 9.79 Å². The van der Waals surface area contributed by atoms with Gasteiger partial charge in [0, 0.05) is 20.5 Å². The number of carbonyl (C=O) groups is 1. The van der Waals surface area contributed by atoms with Gasteiger partial charge < -0.3 is 5.11 Å². The molecular weight excluding hydrogens is 302 g/mol. The topological polar surface area (TPSA) is 50.2 Å². The largest absolute Gasteiger partial charge is 0.476 e. The lowest BCUT2D eigenvalue weighted by Crippen LogP contribution is -2.01. The molecule has 1 heterocycles. The first-order chi connectivity index (χ1) is 8.18. The van der Waals surface area contributed by atoms with E-state index >= 15 is 0 Å². The van der Waals surface area contributed by atoms with Gasteiger partial charge >= 0.3 is 5.97 Å². The number of hydrogen-bond donors (Lipinski definition) is 1. The van der Waals surface area contributed by atoms with Gasteiger partial charge in [0.05, 0.1) is 0 Å². The third-order valence-electron chi connectivity index (χ3n) is 2.03. The Morgan fingerprint density at radius 2 is 1.88 bits per heavy atom. The molecule has 17 heavy (non-hydrogen) atoms. The van der Waals surface area contributed by atoms with Crippen molar-refractivity contribution >= 4 is 33.7 Å². The van der Waals surface area contributed by atoms with Gasteiger partial charge in [-0.05, 0) is 40.2 Å². The molecule has 0 saturated carbocycles. The maximum absolute atomic E-state index is 11.0. The minimum atomic E-state index is -1.01. The highest BCUT2D eigenvalue weighted by atomic mass is 79.9. The molecule has 2 rings (SSSR count). The van der Waals surface area contributed by atoms with E-state index in [1.54, 1.807) is 12.1 Å². The lowest BCUT2D eigenvalue weighted by molar-refractivity contribution is 0.0686. The molecule has 0 fully saturated rings. The average Bonchev–Trinajstić information content (AvgIpc) is 2.32. The summed E-state index contributed by atoms with van der Waals surface area (Å²) in [7, 11) is 0. The Balaban J connectivity index is 2.37. The van der Waals surface area contributed by atoms with Crippen molar-refractivity contribution in [2.75, 3.05) is 0 Å². The molecule has 2 aromatic rings. The van der Waals surface area contributed by atoms with Gasteiger partial charge in [-0.15, -0.1) is 0 Å². The van der Waals surface area contributed by atoms with Crippen LogP contribution >= 0.6 is 27.7 Å². The van der Waals surface area contributed by atoms with Crippen molar-refractivity contribution in [1.29, 1.82) is 0 Å². The number of carboxylic acid groups (broad SMARTS) is 1. The molecule has 5 heteroatoms. The van der Waals surface area contributed by atoms with E-state index in [0.29, 0.717) is 4.90 Å². The molecule has 0 radical (unpaired) electrons. The fourth-order valence-corrected chi connectivity index (χ4v) is 2.74. The molecule has 0 unspecified atom stereocenters. The molecule has 0 saturated heterocycles.